The number of carboxylic acids is 1. The predicted molar refractivity (Wildman–Crippen MR) is 90.1 cm³/mol. The molecule has 5 nitrogen and oxygen atoms in total. The molecule has 124 valence electrons. The van der Waals surface area contributed by atoms with Crippen molar-refractivity contribution in [2.45, 2.75) is 30.6 Å². The third kappa shape index (κ3) is 2.29. The van der Waals surface area contributed by atoms with Crippen molar-refractivity contribution in [1.29, 1.82) is 0 Å². The van der Waals surface area contributed by atoms with Gasteiger partial charge in [0.15, 0.2) is 0 Å². The molecule has 2 aromatic carbocycles. The monoisotopic (exact) mass is 343 g/mol. The van der Waals surface area contributed by atoms with Crippen molar-refractivity contribution >= 4 is 21.7 Å². The number of aromatic carboxylic acids is 1. The van der Waals surface area contributed by atoms with E-state index >= 15 is 0 Å². The van der Waals surface area contributed by atoms with Crippen LogP contribution in [0.4, 0.5) is 5.69 Å². The molecule has 0 amide bonds. The highest BCUT2D eigenvalue weighted by Crippen LogP contribution is 2.34. The minimum atomic E-state index is -3.62. The summed E-state index contributed by atoms with van der Waals surface area (Å²) in [5.41, 5.74) is 3.89. The van der Waals surface area contributed by atoms with E-state index in [1.165, 1.54) is 15.9 Å². The van der Waals surface area contributed by atoms with Crippen LogP contribution in [0.25, 0.3) is 0 Å². The number of benzene rings is 2. The van der Waals surface area contributed by atoms with Gasteiger partial charge in [0.05, 0.1) is 16.1 Å². The van der Waals surface area contributed by atoms with Crippen LogP contribution in [0.3, 0.4) is 0 Å². The molecule has 0 fully saturated rings. The number of rotatable bonds is 3. The first kappa shape index (κ1) is 15.2. The number of carbonyl (C=O) groups is 1. The van der Waals surface area contributed by atoms with Crippen LogP contribution >= 0.6 is 0 Å². The fourth-order valence-corrected chi connectivity index (χ4v) is 5.14. The lowest BCUT2D eigenvalue weighted by atomic mass is 10.1. The first-order chi connectivity index (χ1) is 11.5. The molecule has 0 unspecified atom stereocenters. The van der Waals surface area contributed by atoms with Crippen LogP contribution in [0.1, 0.15) is 33.5 Å². The molecule has 1 aliphatic carbocycles. The van der Waals surface area contributed by atoms with Gasteiger partial charge >= 0.3 is 5.97 Å². The number of anilines is 1. The molecule has 1 N–H and O–H groups in total. The van der Waals surface area contributed by atoms with Gasteiger partial charge in [-0.25, -0.2) is 13.2 Å². The fraction of sp³-hybridized carbons (Fsp3) is 0.278. The first-order valence-electron chi connectivity index (χ1n) is 7.97. The molecule has 24 heavy (non-hydrogen) atoms. The van der Waals surface area contributed by atoms with Gasteiger partial charge in [-0.1, -0.05) is 6.07 Å². The van der Waals surface area contributed by atoms with E-state index < -0.39 is 16.0 Å². The van der Waals surface area contributed by atoms with Gasteiger partial charge in [0.2, 0.25) is 0 Å². The number of carboxylic acid groups (broad SMARTS) is 1. The average Bonchev–Trinajstić information content (AvgIpc) is 3.20. The summed E-state index contributed by atoms with van der Waals surface area (Å²) < 4.78 is 27.4. The summed E-state index contributed by atoms with van der Waals surface area (Å²) in [5, 5.41) is 9.08. The summed E-state index contributed by atoms with van der Waals surface area (Å²) in [7, 11) is -3.62. The summed E-state index contributed by atoms with van der Waals surface area (Å²) in [6, 6.07) is 10.0. The Morgan fingerprint density at radius 2 is 1.75 bits per heavy atom. The lowest BCUT2D eigenvalue weighted by molar-refractivity contribution is 0.0697. The molecular formula is C18H17NO4S. The Labute approximate surface area is 140 Å². The Morgan fingerprint density at radius 1 is 0.958 bits per heavy atom. The molecule has 1 aliphatic heterocycles. The maximum absolute atomic E-state index is 13.0. The van der Waals surface area contributed by atoms with E-state index in [0.29, 0.717) is 23.5 Å². The zero-order valence-electron chi connectivity index (χ0n) is 13.0. The number of hydrogen-bond donors (Lipinski definition) is 1. The molecule has 0 atom stereocenters. The van der Waals surface area contributed by atoms with Gasteiger partial charge in [-0.3, -0.25) is 4.31 Å². The number of fused-ring (bicyclic) bond motifs is 2. The van der Waals surface area contributed by atoms with Gasteiger partial charge < -0.3 is 5.11 Å². The highest BCUT2D eigenvalue weighted by molar-refractivity contribution is 7.92. The quantitative estimate of drug-likeness (QED) is 0.930. The fourth-order valence-electron chi connectivity index (χ4n) is 3.59. The van der Waals surface area contributed by atoms with E-state index in [4.69, 9.17) is 5.11 Å². The van der Waals surface area contributed by atoms with Gasteiger partial charge in [-0.05, 0) is 72.7 Å². The second-order valence-electron chi connectivity index (χ2n) is 6.26. The average molecular weight is 343 g/mol. The van der Waals surface area contributed by atoms with Crippen molar-refractivity contribution in [1.82, 2.24) is 0 Å². The highest BCUT2D eigenvalue weighted by Gasteiger charge is 2.32. The molecule has 0 spiro atoms. The van der Waals surface area contributed by atoms with E-state index in [2.05, 4.69) is 0 Å². The summed E-state index contributed by atoms with van der Waals surface area (Å²) in [6.07, 6.45) is 3.54. The highest BCUT2D eigenvalue weighted by atomic mass is 32.2. The van der Waals surface area contributed by atoms with Crippen LogP contribution in [0.5, 0.6) is 0 Å². The minimum absolute atomic E-state index is 0.186. The lowest BCUT2D eigenvalue weighted by Gasteiger charge is -2.20. The van der Waals surface area contributed by atoms with Crippen LogP contribution in [0.15, 0.2) is 41.3 Å². The van der Waals surface area contributed by atoms with Crippen LogP contribution in [-0.2, 0) is 29.3 Å². The van der Waals surface area contributed by atoms with Crippen molar-refractivity contribution in [2.24, 2.45) is 0 Å². The Balaban J connectivity index is 1.74. The smallest absolute Gasteiger partial charge is 0.335 e. The van der Waals surface area contributed by atoms with E-state index in [-0.39, 0.29) is 5.56 Å². The third-order valence-electron chi connectivity index (χ3n) is 4.84. The molecule has 0 bridgehead atoms. The van der Waals surface area contributed by atoms with Crippen LogP contribution < -0.4 is 4.31 Å². The number of nitrogens with zero attached hydrogens (tertiary/aromatic N) is 1. The van der Waals surface area contributed by atoms with E-state index in [0.717, 1.165) is 30.4 Å². The maximum atomic E-state index is 13.0. The van der Waals surface area contributed by atoms with Crippen molar-refractivity contribution in [3.8, 4) is 0 Å². The van der Waals surface area contributed by atoms with Crippen molar-refractivity contribution in [3.05, 3.63) is 58.7 Å². The van der Waals surface area contributed by atoms with Gasteiger partial charge in [-0.15, -0.1) is 0 Å². The van der Waals surface area contributed by atoms with Crippen molar-refractivity contribution in [2.75, 3.05) is 10.8 Å². The van der Waals surface area contributed by atoms with Gasteiger partial charge in [-0.2, -0.15) is 0 Å². The molecule has 2 aliphatic rings. The predicted octanol–water partition coefficient (Wildman–Crippen LogP) is 2.62. The van der Waals surface area contributed by atoms with E-state index in [1.807, 2.05) is 6.07 Å². The van der Waals surface area contributed by atoms with Crippen LogP contribution in [-0.4, -0.2) is 26.0 Å². The zero-order valence-corrected chi connectivity index (χ0v) is 13.8. The molecule has 4 rings (SSSR count). The molecular weight excluding hydrogens is 326 g/mol. The second-order valence-corrected chi connectivity index (χ2v) is 8.12. The first-order valence-corrected chi connectivity index (χ1v) is 9.41. The Kier molecular flexibility index (Phi) is 3.38. The van der Waals surface area contributed by atoms with Gasteiger partial charge in [0.25, 0.3) is 10.0 Å². The lowest BCUT2D eigenvalue weighted by Crippen LogP contribution is -2.29. The van der Waals surface area contributed by atoms with E-state index in [9.17, 15) is 13.2 Å². The van der Waals surface area contributed by atoms with E-state index in [1.54, 1.807) is 24.3 Å². The third-order valence-corrected chi connectivity index (χ3v) is 6.65. The van der Waals surface area contributed by atoms with Crippen LogP contribution in [0.2, 0.25) is 0 Å². The second kappa shape index (κ2) is 5.34. The van der Waals surface area contributed by atoms with Crippen molar-refractivity contribution < 1.29 is 18.3 Å². The number of hydrogen-bond acceptors (Lipinski definition) is 3. The zero-order chi connectivity index (χ0) is 16.9. The molecule has 6 heteroatoms. The maximum Gasteiger partial charge on any atom is 0.335 e. The largest absolute Gasteiger partial charge is 0.478 e. The minimum Gasteiger partial charge on any atom is -0.478 e. The summed E-state index contributed by atoms with van der Waals surface area (Å²) in [4.78, 5) is 11.4. The molecule has 0 saturated carbocycles. The molecule has 0 radical (unpaired) electrons. The number of sulfonamides is 1. The number of aryl methyl sites for hydroxylation is 2. The Bertz CT molecular complexity index is 949. The Hall–Kier alpha value is -2.34. The summed E-state index contributed by atoms with van der Waals surface area (Å²) in [5.74, 6) is -1.00. The standard InChI is InChI=1S/C18H17NO4S/c20-18(21)15-5-7-17-14(10-15)8-9-19(17)24(22,23)16-6-4-12-2-1-3-13(12)11-16/h4-7,10-11H,1-3,8-9H2,(H,20,21). The summed E-state index contributed by atoms with van der Waals surface area (Å²) >= 11 is 0. The molecule has 0 aromatic heterocycles. The van der Waals surface area contributed by atoms with Gasteiger partial charge in [0.1, 0.15) is 0 Å². The SMILES string of the molecule is O=C(O)c1ccc2c(c1)CCN2S(=O)(=O)c1ccc2c(c1)CCC2. The molecule has 0 saturated heterocycles. The normalized spacial score (nSPS) is 16.1. The topological polar surface area (TPSA) is 74.7 Å². The molecule has 2 aromatic rings. The van der Waals surface area contributed by atoms with Gasteiger partial charge in [0, 0.05) is 6.54 Å². The Morgan fingerprint density at radius 3 is 2.54 bits per heavy atom. The van der Waals surface area contributed by atoms with Crippen molar-refractivity contribution in [3.63, 3.8) is 0 Å². The molecule has 1 heterocycles. The summed E-state index contributed by atoms with van der Waals surface area (Å²) in [6.45, 7) is 0.345. The van der Waals surface area contributed by atoms with Crippen LogP contribution in [0, 0.1) is 0 Å².